The van der Waals surface area contributed by atoms with Gasteiger partial charge in [0.15, 0.2) is 0 Å². The number of hydrogen-bond donors (Lipinski definition) is 2. The minimum Gasteiger partial charge on any atom is -0.376 e. The molecule has 0 saturated heterocycles. The molecule has 0 radical (unpaired) electrons. The Balaban J connectivity index is 3.64. The molecule has 0 aromatic carbocycles. The van der Waals surface area contributed by atoms with Crippen molar-refractivity contribution in [3.05, 3.63) is 0 Å². The number of nitrogens with one attached hydrogen (secondary N) is 1. The second-order valence-electron chi connectivity index (χ2n) is 6.80. The van der Waals surface area contributed by atoms with Crippen LogP contribution in [0, 0.1) is 0 Å². The van der Waals surface area contributed by atoms with Gasteiger partial charge in [0, 0.05) is 42.6 Å². The Morgan fingerprint density at radius 3 is 1.90 bits per heavy atom. The fourth-order valence-corrected chi connectivity index (χ4v) is 2.54. The second-order valence-corrected chi connectivity index (χ2v) is 7.57. The Morgan fingerprint density at radius 2 is 1.38 bits per heavy atom. The molecule has 21 heavy (non-hydrogen) atoms. The maximum Gasteiger partial charge on any atom is 0.0627 e. The van der Waals surface area contributed by atoms with Gasteiger partial charge in [-0.05, 0) is 72.8 Å². The first kappa shape index (κ1) is 21.6. The van der Waals surface area contributed by atoms with E-state index in [-0.39, 0.29) is 11.2 Å². The van der Waals surface area contributed by atoms with Gasteiger partial charge in [-0.25, -0.2) is 0 Å². The van der Waals surface area contributed by atoms with E-state index in [1.165, 1.54) is 0 Å². The van der Waals surface area contributed by atoms with Gasteiger partial charge in [-0.15, -0.1) is 0 Å². The van der Waals surface area contributed by atoms with Gasteiger partial charge < -0.3 is 15.2 Å². The van der Waals surface area contributed by atoms with E-state index in [0.717, 1.165) is 64.8 Å². The van der Waals surface area contributed by atoms with Crippen molar-refractivity contribution in [2.45, 2.75) is 77.4 Å². The molecule has 0 aliphatic heterocycles. The molecule has 0 heterocycles. The third-order valence-corrected chi connectivity index (χ3v) is 4.10. The van der Waals surface area contributed by atoms with Crippen LogP contribution < -0.4 is 9.26 Å². The zero-order chi connectivity index (χ0) is 16.2. The van der Waals surface area contributed by atoms with Crippen molar-refractivity contribution < 1.29 is 9.47 Å². The summed E-state index contributed by atoms with van der Waals surface area (Å²) in [6, 6.07) is 0. The smallest absolute Gasteiger partial charge is 0.0627 e. The molecule has 0 fully saturated rings. The minimum absolute atomic E-state index is 0.0274. The van der Waals surface area contributed by atoms with Crippen LogP contribution >= 0.6 is 22.9 Å². The van der Waals surface area contributed by atoms with E-state index in [4.69, 9.17) is 15.2 Å². The number of rotatable bonds is 14. The molecule has 128 valence electrons. The fraction of sp³-hybridized carbons (Fsp3) is 1.00. The lowest BCUT2D eigenvalue weighted by Gasteiger charge is -2.27. The van der Waals surface area contributed by atoms with Crippen molar-refractivity contribution >= 4 is 22.9 Å². The van der Waals surface area contributed by atoms with Gasteiger partial charge in [-0.1, -0.05) is 0 Å². The molecule has 0 aliphatic carbocycles. The molecule has 0 spiro atoms. The fourth-order valence-electron chi connectivity index (χ4n) is 2.16. The third-order valence-electron chi connectivity index (χ3n) is 3.56. The van der Waals surface area contributed by atoms with Crippen LogP contribution in [-0.4, -0.2) is 37.5 Å². The summed E-state index contributed by atoms with van der Waals surface area (Å²) in [5.74, 6) is 0. The summed E-state index contributed by atoms with van der Waals surface area (Å²) in [5.41, 5.74) is 5.47. The molecule has 3 N–H and O–H groups in total. The molecule has 0 atom stereocenters. The first-order chi connectivity index (χ1) is 9.83. The Labute approximate surface area is 145 Å². The van der Waals surface area contributed by atoms with E-state index in [1.807, 2.05) is 0 Å². The SMILES string of the molecule is CC(C)(CCCN)OCCCCC(C)(C)OCCCNI. The first-order valence-electron chi connectivity index (χ1n) is 8.14. The van der Waals surface area contributed by atoms with Gasteiger partial charge >= 0.3 is 0 Å². The maximum atomic E-state index is 5.95. The monoisotopic (exact) mass is 414 g/mol. The molecule has 0 bridgehead atoms. The topological polar surface area (TPSA) is 56.5 Å². The summed E-state index contributed by atoms with van der Waals surface area (Å²) in [5, 5.41) is 0. The number of unbranched alkanes of at least 4 members (excludes halogenated alkanes) is 1. The molecule has 0 saturated carbocycles. The van der Waals surface area contributed by atoms with Gasteiger partial charge in [-0.3, -0.25) is 3.53 Å². The van der Waals surface area contributed by atoms with Crippen molar-refractivity contribution in [1.82, 2.24) is 3.53 Å². The van der Waals surface area contributed by atoms with E-state index in [1.54, 1.807) is 0 Å². The molecule has 5 heteroatoms. The zero-order valence-electron chi connectivity index (χ0n) is 14.3. The lowest BCUT2D eigenvalue weighted by molar-refractivity contribution is -0.0380. The van der Waals surface area contributed by atoms with Crippen molar-refractivity contribution in [2.24, 2.45) is 5.73 Å². The predicted molar refractivity (Wildman–Crippen MR) is 98.8 cm³/mol. The molecule has 0 aromatic rings. The van der Waals surface area contributed by atoms with Crippen LogP contribution in [0.1, 0.15) is 66.2 Å². The Kier molecular flexibility index (Phi) is 12.4. The number of halogens is 1. The highest BCUT2D eigenvalue weighted by Crippen LogP contribution is 2.20. The van der Waals surface area contributed by atoms with Crippen LogP contribution in [0.5, 0.6) is 0 Å². The standard InChI is InChI=1S/C16H35IN2O2/c1-15(2,21-14-8-12-19-17)9-5-6-13-20-16(3,4)10-7-11-18/h19H,5-14,18H2,1-4H3. The molecule has 0 aromatic heterocycles. The van der Waals surface area contributed by atoms with Gasteiger partial charge in [0.1, 0.15) is 0 Å². The molecule has 0 aliphatic rings. The van der Waals surface area contributed by atoms with E-state index in [9.17, 15) is 0 Å². The summed E-state index contributed by atoms with van der Waals surface area (Å²) in [6.45, 7) is 12.0. The van der Waals surface area contributed by atoms with E-state index < -0.39 is 0 Å². The van der Waals surface area contributed by atoms with Crippen LogP contribution in [0.4, 0.5) is 0 Å². The molecule has 0 unspecified atom stereocenters. The minimum atomic E-state index is -0.0438. The highest BCUT2D eigenvalue weighted by Gasteiger charge is 2.19. The van der Waals surface area contributed by atoms with Crippen molar-refractivity contribution in [1.29, 1.82) is 0 Å². The molecule has 4 nitrogen and oxygen atoms in total. The summed E-state index contributed by atoms with van der Waals surface area (Å²) < 4.78 is 15.0. The van der Waals surface area contributed by atoms with Gasteiger partial charge in [0.25, 0.3) is 0 Å². The van der Waals surface area contributed by atoms with Gasteiger partial charge in [0.05, 0.1) is 11.2 Å². The van der Waals surface area contributed by atoms with E-state index >= 15 is 0 Å². The van der Waals surface area contributed by atoms with Gasteiger partial charge in [0.2, 0.25) is 0 Å². The maximum absolute atomic E-state index is 5.95. The summed E-state index contributed by atoms with van der Waals surface area (Å²) in [4.78, 5) is 0. The average molecular weight is 414 g/mol. The number of nitrogens with two attached hydrogens (primary N) is 1. The third kappa shape index (κ3) is 13.9. The Hall–Kier alpha value is 0.570. The predicted octanol–water partition coefficient (Wildman–Crippen LogP) is 3.82. The normalized spacial score (nSPS) is 12.9. The summed E-state index contributed by atoms with van der Waals surface area (Å²) >= 11 is 2.17. The average Bonchev–Trinajstić information content (AvgIpc) is 2.41. The van der Waals surface area contributed by atoms with Crippen LogP contribution in [0.2, 0.25) is 0 Å². The van der Waals surface area contributed by atoms with Crippen LogP contribution in [0.25, 0.3) is 0 Å². The first-order valence-corrected chi connectivity index (χ1v) is 9.22. The Bertz CT molecular complexity index is 248. The highest BCUT2D eigenvalue weighted by atomic mass is 127. The number of hydrogen-bond acceptors (Lipinski definition) is 4. The van der Waals surface area contributed by atoms with Crippen LogP contribution in [0.15, 0.2) is 0 Å². The quantitative estimate of drug-likeness (QED) is 0.258. The molecule has 0 amide bonds. The van der Waals surface area contributed by atoms with Crippen LogP contribution in [-0.2, 0) is 9.47 Å². The highest BCUT2D eigenvalue weighted by molar-refractivity contribution is 14.1. The largest absolute Gasteiger partial charge is 0.376 e. The lowest BCUT2D eigenvalue weighted by Crippen LogP contribution is -2.27. The summed E-state index contributed by atoms with van der Waals surface area (Å²) in [6.07, 6.45) is 6.43. The van der Waals surface area contributed by atoms with Crippen molar-refractivity contribution in [2.75, 3.05) is 26.3 Å². The molecular formula is C16H35IN2O2. The summed E-state index contributed by atoms with van der Waals surface area (Å²) in [7, 11) is 0. The van der Waals surface area contributed by atoms with Crippen molar-refractivity contribution in [3.8, 4) is 0 Å². The lowest BCUT2D eigenvalue weighted by atomic mass is 10.0. The van der Waals surface area contributed by atoms with Crippen molar-refractivity contribution in [3.63, 3.8) is 0 Å². The second kappa shape index (κ2) is 12.0. The van der Waals surface area contributed by atoms with Gasteiger partial charge in [-0.2, -0.15) is 0 Å². The van der Waals surface area contributed by atoms with Crippen LogP contribution in [0.3, 0.4) is 0 Å². The Morgan fingerprint density at radius 1 is 0.857 bits per heavy atom. The zero-order valence-corrected chi connectivity index (χ0v) is 16.5. The molecule has 0 rings (SSSR count). The molecular weight excluding hydrogens is 379 g/mol. The number of ether oxygens (including phenoxy) is 2. The van der Waals surface area contributed by atoms with E-state index in [2.05, 4.69) is 54.1 Å². The van der Waals surface area contributed by atoms with E-state index in [0.29, 0.717) is 0 Å².